The van der Waals surface area contributed by atoms with Crippen LogP contribution in [-0.4, -0.2) is 28.3 Å². The second-order valence-electron chi connectivity index (χ2n) is 4.48. The number of rotatable bonds is 5. The molecule has 0 aromatic carbocycles. The molecule has 1 amide bonds. The molecule has 0 saturated heterocycles. The molecule has 2 heterocycles. The van der Waals surface area contributed by atoms with Gasteiger partial charge in [0.1, 0.15) is 5.76 Å². The molecular weight excluding hydrogens is 274 g/mol. The molecule has 2 aromatic rings. The molecular formula is C14H17N3O4. The Morgan fingerprint density at radius 3 is 2.81 bits per heavy atom. The van der Waals surface area contributed by atoms with Crippen molar-refractivity contribution in [1.82, 2.24) is 15.1 Å². The van der Waals surface area contributed by atoms with Gasteiger partial charge in [0.05, 0.1) is 24.1 Å². The first kappa shape index (κ1) is 14.8. The molecule has 0 aliphatic heterocycles. The van der Waals surface area contributed by atoms with Crippen LogP contribution < -0.4 is 5.32 Å². The van der Waals surface area contributed by atoms with Crippen LogP contribution in [0.3, 0.4) is 0 Å². The van der Waals surface area contributed by atoms with E-state index in [1.807, 2.05) is 0 Å². The SMILES string of the molecule is CCOC(=O)C(NC(=O)c1cn(C)nc1C)c1ccco1. The number of ether oxygens (including phenoxy) is 1. The normalized spacial score (nSPS) is 12.0. The van der Waals surface area contributed by atoms with E-state index in [2.05, 4.69) is 10.4 Å². The van der Waals surface area contributed by atoms with Gasteiger partial charge in [-0.1, -0.05) is 0 Å². The second kappa shape index (κ2) is 6.25. The summed E-state index contributed by atoms with van der Waals surface area (Å²) in [5.41, 5.74) is 0.982. The summed E-state index contributed by atoms with van der Waals surface area (Å²) in [6.45, 7) is 3.64. The predicted molar refractivity (Wildman–Crippen MR) is 73.5 cm³/mol. The van der Waals surface area contributed by atoms with Gasteiger partial charge in [-0.25, -0.2) is 4.79 Å². The van der Waals surface area contributed by atoms with E-state index in [9.17, 15) is 9.59 Å². The quantitative estimate of drug-likeness (QED) is 0.840. The number of nitrogens with zero attached hydrogens (tertiary/aromatic N) is 2. The Balaban J connectivity index is 2.21. The summed E-state index contributed by atoms with van der Waals surface area (Å²) in [7, 11) is 1.72. The number of carbonyl (C=O) groups excluding carboxylic acids is 2. The molecule has 0 aliphatic rings. The average Bonchev–Trinajstić information content (AvgIpc) is 3.05. The highest BCUT2D eigenvalue weighted by Gasteiger charge is 2.28. The summed E-state index contributed by atoms with van der Waals surface area (Å²) in [4.78, 5) is 24.3. The fourth-order valence-corrected chi connectivity index (χ4v) is 1.96. The number of hydrogen-bond acceptors (Lipinski definition) is 5. The highest BCUT2D eigenvalue weighted by Crippen LogP contribution is 2.17. The Morgan fingerprint density at radius 2 is 2.29 bits per heavy atom. The molecule has 21 heavy (non-hydrogen) atoms. The van der Waals surface area contributed by atoms with Crippen LogP contribution in [0.5, 0.6) is 0 Å². The van der Waals surface area contributed by atoms with E-state index in [1.54, 1.807) is 39.2 Å². The molecule has 7 heteroatoms. The Hall–Kier alpha value is -2.57. The van der Waals surface area contributed by atoms with Gasteiger partial charge in [0.2, 0.25) is 0 Å². The fourth-order valence-electron chi connectivity index (χ4n) is 1.96. The van der Waals surface area contributed by atoms with Crippen molar-refractivity contribution in [2.45, 2.75) is 19.9 Å². The first-order valence-corrected chi connectivity index (χ1v) is 6.54. The number of amides is 1. The Bertz CT molecular complexity index is 631. The van der Waals surface area contributed by atoms with Crippen molar-refractivity contribution >= 4 is 11.9 Å². The lowest BCUT2D eigenvalue weighted by molar-refractivity contribution is -0.146. The number of hydrogen-bond donors (Lipinski definition) is 1. The molecule has 0 saturated carbocycles. The van der Waals surface area contributed by atoms with Crippen molar-refractivity contribution < 1.29 is 18.7 Å². The molecule has 112 valence electrons. The minimum absolute atomic E-state index is 0.220. The van der Waals surface area contributed by atoms with Crippen LogP contribution in [0.15, 0.2) is 29.0 Å². The van der Waals surface area contributed by atoms with E-state index >= 15 is 0 Å². The van der Waals surface area contributed by atoms with Gasteiger partial charge in [-0.15, -0.1) is 0 Å². The summed E-state index contributed by atoms with van der Waals surface area (Å²) < 4.78 is 11.7. The third kappa shape index (κ3) is 3.31. The number of esters is 1. The number of furan rings is 1. The largest absolute Gasteiger partial charge is 0.467 e. The number of aromatic nitrogens is 2. The molecule has 0 aliphatic carbocycles. The maximum atomic E-state index is 12.3. The van der Waals surface area contributed by atoms with Crippen LogP contribution in [0.4, 0.5) is 0 Å². The monoisotopic (exact) mass is 291 g/mol. The first-order chi connectivity index (χ1) is 10.0. The first-order valence-electron chi connectivity index (χ1n) is 6.54. The van der Waals surface area contributed by atoms with Crippen molar-refractivity contribution in [3.63, 3.8) is 0 Å². The molecule has 7 nitrogen and oxygen atoms in total. The lowest BCUT2D eigenvalue weighted by Crippen LogP contribution is -2.34. The van der Waals surface area contributed by atoms with E-state index in [4.69, 9.17) is 9.15 Å². The van der Waals surface area contributed by atoms with Crippen molar-refractivity contribution in [1.29, 1.82) is 0 Å². The van der Waals surface area contributed by atoms with Gasteiger partial charge in [-0.05, 0) is 26.0 Å². The molecule has 1 unspecified atom stereocenters. The van der Waals surface area contributed by atoms with Gasteiger partial charge in [-0.3, -0.25) is 9.48 Å². The van der Waals surface area contributed by atoms with Gasteiger partial charge in [-0.2, -0.15) is 5.10 Å². The van der Waals surface area contributed by atoms with Crippen molar-refractivity contribution in [2.75, 3.05) is 6.61 Å². The molecule has 0 radical (unpaired) electrons. The Labute approximate surface area is 121 Å². The highest BCUT2D eigenvalue weighted by molar-refractivity contribution is 5.97. The fraction of sp³-hybridized carbons (Fsp3) is 0.357. The van der Waals surface area contributed by atoms with Crippen molar-refractivity contribution in [3.05, 3.63) is 41.6 Å². The topological polar surface area (TPSA) is 86.4 Å². The van der Waals surface area contributed by atoms with Crippen molar-refractivity contribution in [3.8, 4) is 0 Å². The minimum Gasteiger partial charge on any atom is -0.467 e. The molecule has 1 atom stereocenters. The third-order valence-electron chi connectivity index (χ3n) is 2.88. The zero-order chi connectivity index (χ0) is 15.4. The van der Waals surface area contributed by atoms with Crippen LogP contribution in [0, 0.1) is 6.92 Å². The third-order valence-corrected chi connectivity index (χ3v) is 2.88. The average molecular weight is 291 g/mol. The van der Waals surface area contributed by atoms with Crippen LogP contribution >= 0.6 is 0 Å². The van der Waals surface area contributed by atoms with Gasteiger partial charge in [0.15, 0.2) is 6.04 Å². The van der Waals surface area contributed by atoms with Crippen LogP contribution in [0.2, 0.25) is 0 Å². The van der Waals surface area contributed by atoms with E-state index in [0.717, 1.165) is 0 Å². The van der Waals surface area contributed by atoms with E-state index in [1.165, 1.54) is 10.9 Å². The predicted octanol–water partition coefficient (Wildman–Crippen LogP) is 1.36. The summed E-state index contributed by atoms with van der Waals surface area (Å²) in [6, 6.07) is 2.27. The van der Waals surface area contributed by atoms with Gasteiger partial charge < -0.3 is 14.5 Å². The smallest absolute Gasteiger partial charge is 0.336 e. The van der Waals surface area contributed by atoms with Gasteiger partial charge >= 0.3 is 5.97 Å². The maximum absolute atomic E-state index is 12.3. The number of carbonyl (C=O) groups is 2. The van der Waals surface area contributed by atoms with Gasteiger partial charge in [0.25, 0.3) is 5.91 Å². The summed E-state index contributed by atoms with van der Waals surface area (Å²) >= 11 is 0. The Kier molecular flexibility index (Phi) is 4.42. The van der Waals surface area contributed by atoms with E-state index in [0.29, 0.717) is 17.0 Å². The molecule has 0 fully saturated rings. The summed E-state index contributed by atoms with van der Waals surface area (Å²) in [5.74, 6) is -0.652. The molecule has 0 bridgehead atoms. The lowest BCUT2D eigenvalue weighted by Gasteiger charge is -2.14. The summed E-state index contributed by atoms with van der Waals surface area (Å²) in [5, 5.41) is 6.71. The van der Waals surface area contributed by atoms with Crippen molar-refractivity contribution in [2.24, 2.45) is 7.05 Å². The highest BCUT2D eigenvalue weighted by atomic mass is 16.5. The minimum atomic E-state index is -0.980. The molecule has 2 rings (SSSR count). The standard InChI is InChI=1S/C14H17N3O4/c1-4-20-14(19)12(11-6-5-7-21-11)15-13(18)10-8-17(3)16-9(10)2/h5-8,12H,4H2,1-3H3,(H,15,18). The van der Waals surface area contributed by atoms with Crippen LogP contribution in [0.25, 0.3) is 0 Å². The number of nitrogens with one attached hydrogen (secondary N) is 1. The second-order valence-corrected chi connectivity index (χ2v) is 4.48. The zero-order valence-corrected chi connectivity index (χ0v) is 12.1. The van der Waals surface area contributed by atoms with Gasteiger partial charge in [0, 0.05) is 13.2 Å². The van der Waals surface area contributed by atoms with E-state index < -0.39 is 17.9 Å². The molecule has 1 N–H and O–H groups in total. The molecule has 2 aromatic heterocycles. The van der Waals surface area contributed by atoms with Crippen LogP contribution in [-0.2, 0) is 16.6 Å². The van der Waals surface area contributed by atoms with Crippen LogP contribution in [0.1, 0.15) is 34.8 Å². The maximum Gasteiger partial charge on any atom is 0.336 e. The number of aryl methyl sites for hydroxylation is 2. The Morgan fingerprint density at radius 1 is 1.52 bits per heavy atom. The lowest BCUT2D eigenvalue weighted by atomic mass is 10.2. The van der Waals surface area contributed by atoms with E-state index in [-0.39, 0.29) is 6.61 Å². The summed E-state index contributed by atoms with van der Waals surface area (Å²) in [6.07, 6.45) is 3.03. The molecule has 0 spiro atoms. The zero-order valence-electron chi connectivity index (χ0n) is 12.1.